The Labute approximate surface area is 174 Å². The van der Waals surface area contributed by atoms with Gasteiger partial charge in [0.2, 0.25) is 11.7 Å². The number of thiazole rings is 1. The van der Waals surface area contributed by atoms with Crippen molar-refractivity contribution in [2.45, 2.75) is 20.4 Å². The van der Waals surface area contributed by atoms with E-state index in [0.29, 0.717) is 5.56 Å². The van der Waals surface area contributed by atoms with E-state index in [1.807, 2.05) is 26.0 Å². The molecule has 2 aromatic heterocycles. The van der Waals surface area contributed by atoms with Crippen molar-refractivity contribution >= 4 is 33.2 Å². The van der Waals surface area contributed by atoms with Crippen LogP contribution in [0.2, 0.25) is 0 Å². The molecule has 0 atom stereocenters. The van der Waals surface area contributed by atoms with Crippen LogP contribution in [0.3, 0.4) is 0 Å². The van der Waals surface area contributed by atoms with Crippen molar-refractivity contribution in [2.75, 3.05) is 12.4 Å². The summed E-state index contributed by atoms with van der Waals surface area (Å²) in [5.41, 5.74) is 2.57. The van der Waals surface area contributed by atoms with Gasteiger partial charge in [-0.15, -0.1) is 11.3 Å². The van der Waals surface area contributed by atoms with Gasteiger partial charge in [0.05, 0.1) is 35.1 Å². The molecule has 0 aliphatic carbocycles. The van der Waals surface area contributed by atoms with Crippen LogP contribution in [0.5, 0.6) is 5.75 Å². The molecule has 4 rings (SSSR count). The summed E-state index contributed by atoms with van der Waals surface area (Å²) in [6.45, 7) is 4.03. The third-order valence-electron chi connectivity index (χ3n) is 4.61. The van der Waals surface area contributed by atoms with E-state index in [1.54, 1.807) is 15.9 Å². The highest BCUT2D eigenvalue weighted by Crippen LogP contribution is 2.29. The average Bonchev–Trinajstić information content (AvgIpc) is 3.05. The minimum absolute atomic E-state index is 0.0494. The monoisotopic (exact) mass is 428 g/mol. The normalized spacial score (nSPS) is 11.1. The number of aryl methyl sites for hydroxylation is 2. The number of benzene rings is 2. The molecule has 30 heavy (non-hydrogen) atoms. The molecule has 0 amide bonds. The molecule has 1 N–H and O–H groups in total. The molecule has 4 aromatic rings. The maximum atomic E-state index is 13.6. The maximum absolute atomic E-state index is 13.6. The van der Waals surface area contributed by atoms with Crippen LogP contribution in [0, 0.1) is 25.5 Å². The lowest BCUT2D eigenvalue weighted by Gasteiger charge is -2.16. The number of hydrogen-bond acceptors (Lipinski definition) is 6. The van der Waals surface area contributed by atoms with E-state index in [-0.39, 0.29) is 18.2 Å². The molecular weight excluding hydrogens is 410 g/mol. The fraction of sp³-hybridized carbons (Fsp3) is 0.190. The SMILES string of the molecule is COc1cn(Cc2ccc(F)c(F)c2)c(Nc2cc3sc(C)nc3cc2C)nc1=O. The first-order valence-corrected chi connectivity index (χ1v) is 9.90. The molecule has 0 fully saturated rings. The average molecular weight is 428 g/mol. The molecule has 0 unspecified atom stereocenters. The zero-order valence-electron chi connectivity index (χ0n) is 16.5. The number of aromatic nitrogens is 3. The molecule has 2 heterocycles. The Morgan fingerprint density at radius 2 is 1.93 bits per heavy atom. The summed E-state index contributed by atoms with van der Waals surface area (Å²) < 4.78 is 34.6. The van der Waals surface area contributed by atoms with Gasteiger partial charge in [0, 0.05) is 5.69 Å². The first-order chi connectivity index (χ1) is 14.3. The molecule has 0 aliphatic heterocycles. The van der Waals surface area contributed by atoms with Crippen molar-refractivity contribution in [3.8, 4) is 5.75 Å². The fourth-order valence-corrected chi connectivity index (χ4v) is 3.97. The van der Waals surface area contributed by atoms with E-state index in [1.165, 1.54) is 19.4 Å². The van der Waals surface area contributed by atoms with Gasteiger partial charge in [0.1, 0.15) is 0 Å². The van der Waals surface area contributed by atoms with Gasteiger partial charge >= 0.3 is 5.56 Å². The molecule has 0 aliphatic rings. The highest BCUT2D eigenvalue weighted by molar-refractivity contribution is 7.18. The largest absolute Gasteiger partial charge is 0.490 e. The Kier molecular flexibility index (Phi) is 5.21. The number of halogens is 2. The number of ether oxygens (including phenoxy) is 1. The highest BCUT2D eigenvalue weighted by atomic mass is 32.1. The van der Waals surface area contributed by atoms with E-state index < -0.39 is 17.2 Å². The Balaban J connectivity index is 1.76. The summed E-state index contributed by atoms with van der Waals surface area (Å²) in [6.07, 6.45) is 1.49. The van der Waals surface area contributed by atoms with Gasteiger partial charge in [-0.1, -0.05) is 6.07 Å². The van der Waals surface area contributed by atoms with Crippen molar-refractivity contribution in [1.29, 1.82) is 0 Å². The van der Waals surface area contributed by atoms with Crippen molar-refractivity contribution in [1.82, 2.24) is 14.5 Å². The number of nitrogens with one attached hydrogen (secondary N) is 1. The molecular formula is C21H18F2N4O2S. The minimum atomic E-state index is -0.940. The lowest BCUT2D eigenvalue weighted by Crippen LogP contribution is -2.19. The van der Waals surface area contributed by atoms with Gasteiger partial charge in [0.25, 0.3) is 0 Å². The number of rotatable bonds is 5. The van der Waals surface area contributed by atoms with Gasteiger partial charge in [0.15, 0.2) is 11.6 Å². The molecule has 2 aromatic carbocycles. The topological polar surface area (TPSA) is 69.0 Å². The van der Waals surface area contributed by atoms with E-state index >= 15 is 0 Å². The van der Waals surface area contributed by atoms with Gasteiger partial charge in [-0.3, -0.25) is 4.79 Å². The highest BCUT2D eigenvalue weighted by Gasteiger charge is 2.13. The summed E-state index contributed by atoms with van der Waals surface area (Å²) in [7, 11) is 1.37. The molecule has 0 radical (unpaired) electrons. The van der Waals surface area contributed by atoms with Crippen LogP contribution in [-0.4, -0.2) is 21.6 Å². The zero-order chi connectivity index (χ0) is 21.4. The number of hydrogen-bond donors (Lipinski definition) is 1. The van der Waals surface area contributed by atoms with E-state index in [2.05, 4.69) is 15.3 Å². The van der Waals surface area contributed by atoms with E-state index in [0.717, 1.165) is 38.6 Å². The quantitative estimate of drug-likeness (QED) is 0.505. The molecule has 0 saturated carbocycles. The van der Waals surface area contributed by atoms with Crippen LogP contribution in [0.25, 0.3) is 10.2 Å². The number of anilines is 2. The van der Waals surface area contributed by atoms with Crippen LogP contribution < -0.4 is 15.6 Å². The standard InChI is InChI=1S/C21H18F2N4O2S/c1-11-6-17-19(30-12(2)24-17)8-16(11)25-21-26-20(28)18(29-3)10-27(21)9-13-4-5-14(22)15(23)7-13/h4-8,10H,9H2,1-3H3,(H,25,26,28). The van der Waals surface area contributed by atoms with Crippen molar-refractivity contribution < 1.29 is 13.5 Å². The summed E-state index contributed by atoms with van der Waals surface area (Å²) in [6, 6.07) is 7.57. The smallest absolute Gasteiger partial charge is 0.316 e. The van der Waals surface area contributed by atoms with Gasteiger partial charge in [-0.25, -0.2) is 13.8 Å². The Morgan fingerprint density at radius 1 is 1.13 bits per heavy atom. The molecule has 0 saturated heterocycles. The number of fused-ring (bicyclic) bond motifs is 1. The van der Waals surface area contributed by atoms with Crippen LogP contribution in [0.4, 0.5) is 20.4 Å². The third kappa shape index (κ3) is 3.88. The lowest BCUT2D eigenvalue weighted by molar-refractivity contribution is 0.402. The Morgan fingerprint density at radius 3 is 2.67 bits per heavy atom. The maximum Gasteiger partial charge on any atom is 0.316 e. The predicted octanol–water partition coefficient (Wildman–Crippen LogP) is 4.55. The zero-order valence-corrected chi connectivity index (χ0v) is 17.3. The molecule has 9 heteroatoms. The van der Waals surface area contributed by atoms with E-state index in [9.17, 15) is 13.6 Å². The van der Waals surface area contributed by atoms with Crippen LogP contribution in [-0.2, 0) is 6.54 Å². The second-order valence-corrected chi connectivity index (χ2v) is 8.04. The fourth-order valence-electron chi connectivity index (χ4n) is 3.12. The van der Waals surface area contributed by atoms with Gasteiger partial charge in [-0.2, -0.15) is 4.98 Å². The van der Waals surface area contributed by atoms with Crippen molar-refractivity contribution in [3.63, 3.8) is 0 Å². The molecule has 0 spiro atoms. The van der Waals surface area contributed by atoms with Crippen LogP contribution in [0.1, 0.15) is 16.1 Å². The second-order valence-electron chi connectivity index (χ2n) is 6.81. The number of nitrogens with zero attached hydrogens (tertiary/aromatic N) is 3. The molecule has 154 valence electrons. The summed E-state index contributed by atoms with van der Waals surface area (Å²) >= 11 is 1.57. The third-order valence-corrected chi connectivity index (χ3v) is 5.54. The summed E-state index contributed by atoms with van der Waals surface area (Å²) in [4.78, 5) is 20.8. The van der Waals surface area contributed by atoms with E-state index in [4.69, 9.17) is 4.74 Å². The summed E-state index contributed by atoms with van der Waals surface area (Å²) in [5.74, 6) is -1.55. The van der Waals surface area contributed by atoms with Crippen LogP contribution in [0.15, 0.2) is 41.3 Å². The van der Waals surface area contributed by atoms with Gasteiger partial charge < -0.3 is 14.6 Å². The predicted molar refractivity (Wildman–Crippen MR) is 113 cm³/mol. The molecule has 0 bridgehead atoms. The minimum Gasteiger partial charge on any atom is -0.490 e. The Bertz CT molecular complexity index is 1320. The number of methoxy groups -OCH3 is 1. The summed E-state index contributed by atoms with van der Waals surface area (Å²) in [5, 5.41) is 4.15. The van der Waals surface area contributed by atoms with Crippen LogP contribution >= 0.6 is 11.3 Å². The van der Waals surface area contributed by atoms with Crippen molar-refractivity contribution in [2.24, 2.45) is 0 Å². The van der Waals surface area contributed by atoms with Gasteiger partial charge in [-0.05, 0) is 49.2 Å². The Hall–Kier alpha value is -3.33. The van der Waals surface area contributed by atoms with Crippen molar-refractivity contribution in [3.05, 3.63) is 74.7 Å². The second kappa shape index (κ2) is 7.83. The first-order valence-electron chi connectivity index (χ1n) is 9.08. The lowest BCUT2D eigenvalue weighted by atomic mass is 10.2. The first kappa shape index (κ1) is 20.0. The molecule has 6 nitrogen and oxygen atoms in total.